The first kappa shape index (κ1) is 15.5. The molecular weight excluding hydrogens is 262 g/mol. The van der Waals surface area contributed by atoms with Crippen LogP contribution in [0.4, 0.5) is 0 Å². The normalized spacial score (nSPS) is 17.3. The highest BCUT2D eigenvalue weighted by molar-refractivity contribution is 5.85. The second kappa shape index (κ2) is 7.78. The molecule has 1 aromatic carbocycles. The topological polar surface area (TPSA) is 64.9 Å². The van der Waals surface area contributed by atoms with Crippen molar-refractivity contribution >= 4 is 18.3 Å². The summed E-state index contributed by atoms with van der Waals surface area (Å²) < 4.78 is 0. The fourth-order valence-corrected chi connectivity index (χ4v) is 2.11. The third kappa shape index (κ3) is 4.55. The van der Waals surface area contributed by atoms with Crippen molar-refractivity contribution in [3.05, 3.63) is 35.4 Å². The molecule has 1 fully saturated rings. The highest BCUT2D eigenvalue weighted by Crippen LogP contribution is 2.05. The predicted octanol–water partition coefficient (Wildman–Crippen LogP) is 1.39. The lowest BCUT2D eigenvalue weighted by atomic mass is 10.1. The third-order valence-corrected chi connectivity index (χ3v) is 3.17. The highest BCUT2D eigenvalue weighted by Gasteiger charge is 2.20. The van der Waals surface area contributed by atoms with Crippen molar-refractivity contribution in [2.75, 3.05) is 13.1 Å². The van der Waals surface area contributed by atoms with Crippen LogP contribution in [0, 0.1) is 11.3 Å². The minimum Gasteiger partial charge on any atom is -0.354 e. The molecule has 4 nitrogen and oxygen atoms in total. The minimum atomic E-state index is -0.00837. The number of benzene rings is 1. The third-order valence-electron chi connectivity index (χ3n) is 3.17. The van der Waals surface area contributed by atoms with Crippen LogP contribution in [0.5, 0.6) is 0 Å². The van der Waals surface area contributed by atoms with Crippen LogP contribution in [0.25, 0.3) is 0 Å². The molecular formula is C14H18ClN3O. The van der Waals surface area contributed by atoms with Crippen LogP contribution in [0.3, 0.4) is 0 Å². The van der Waals surface area contributed by atoms with Gasteiger partial charge in [-0.3, -0.25) is 4.79 Å². The molecule has 0 saturated carbocycles. The van der Waals surface area contributed by atoms with Gasteiger partial charge in [0.15, 0.2) is 0 Å². The number of hydrogen-bond donors (Lipinski definition) is 2. The van der Waals surface area contributed by atoms with Crippen LogP contribution in [0.2, 0.25) is 0 Å². The molecule has 1 saturated heterocycles. The molecule has 2 rings (SSSR count). The summed E-state index contributed by atoms with van der Waals surface area (Å²) in [4.78, 5) is 11.7. The fraction of sp³-hybridized carbons (Fsp3) is 0.429. The lowest BCUT2D eigenvalue weighted by Gasteiger charge is -2.10. The van der Waals surface area contributed by atoms with Gasteiger partial charge in [-0.25, -0.2) is 0 Å². The number of nitrogens with zero attached hydrogens (tertiary/aromatic N) is 1. The molecule has 1 aliphatic heterocycles. The van der Waals surface area contributed by atoms with Crippen LogP contribution in [0.1, 0.15) is 24.0 Å². The number of rotatable bonds is 4. The average Bonchev–Trinajstić information content (AvgIpc) is 2.93. The molecule has 5 heteroatoms. The number of nitrogens with one attached hydrogen (secondary N) is 2. The van der Waals surface area contributed by atoms with Gasteiger partial charge >= 0.3 is 0 Å². The highest BCUT2D eigenvalue weighted by atomic mass is 35.5. The smallest absolute Gasteiger partial charge is 0.237 e. The van der Waals surface area contributed by atoms with Gasteiger partial charge in [0.05, 0.1) is 17.7 Å². The van der Waals surface area contributed by atoms with Crippen molar-refractivity contribution in [3.8, 4) is 6.07 Å². The summed E-state index contributed by atoms with van der Waals surface area (Å²) >= 11 is 0. The van der Waals surface area contributed by atoms with Crippen molar-refractivity contribution in [2.45, 2.75) is 25.3 Å². The van der Waals surface area contributed by atoms with Gasteiger partial charge in [0.1, 0.15) is 0 Å². The Morgan fingerprint density at radius 2 is 2.16 bits per heavy atom. The maximum atomic E-state index is 11.7. The molecule has 1 aromatic rings. The van der Waals surface area contributed by atoms with Crippen molar-refractivity contribution < 1.29 is 4.79 Å². The van der Waals surface area contributed by atoms with Crippen LogP contribution >= 0.6 is 12.4 Å². The van der Waals surface area contributed by atoms with Crippen molar-refractivity contribution in [1.82, 2.24) is 10.6 Å². The van der Waals surface area contributed by atoms with E-state index >= 15 is 0 Å². The minimum absolute atomic E-state index is 0. The van der Waals surface area contributed by atoms with Gasteiger partial charge in [-0.1, -0.05) is 12.1 Å². The molecule has 1 unspecified atom stereocenters. The average molecular weight is 280 g/mol. The van der Waals surface area contributed by atoms with Crippen LogP contribution < -0.4 is 10.6 Å². The van der Waals surface area contributed by atoms with E-state index in [1.807, 2.05) is 12.1 Å². The number of amides is 1. The maximum Gasteiger partial charge on any atom is 0.237 e. The van der Waals surface area contributed by atoms with Gasteiger partial charge in [0, 0.05) is 6.54 Å². The van der Waals surface area contributed by atoms with E-state index in [-0.39, 0.29) is 24.4 Å². The zero-order valence-electron chi connectivity index (χ0n) is 10.7. The second-order valence-corrected chi connectivity index (χ2v) is 4.50. The summed E-state index contributed by atoms with van der Waals surface area (Å²) in [6, 6.07) is 9.54. The Kier molecular flexibility index (Phi) is 6.34. The molecule has 0 aliphatic carbocycles. The molecule has 0 radical (unpaired) electrons. The van der Waals surface area contributed by atoms with E-state index in [4.69, 9.17) is 5.26 Å². The molecule has 1 amide bonds. The molecule has 0 aromatic heterocycles. The van der Waals surface area contributed by atoms with E-state index in [1.165, 1.54) is 0 Å². The van der Waals surface area contributed by atoms with Crippen molar-refractivity contribution in [1.29, 1.82) is 5.26 Å². The lowest BCUT2D eigenvalue weighted by molar-refractivity contribution is -0.122. The summed E-state index contributed by atoms with van der Waals surface area (Å²) in [7, 11) is 0. The predicted molar refractivity (Wildman–Crippen MR) is 76.1 cm³/mol. The van der Waals surface area contributed by atoms with E-state index in [0.717, 1.165) is 31.4 Å². The van der Waals surface area contributed by atoms with Gasteiger partial charge in [-0.05, 0) is 43.5 Å². The Morgan fingerprint density at radius 1 is 1.42 bits per heavy atom. The monoisotopic (exact) mass is 279 g/mol. The van der Waals surface area contributed by atoms with Crippen molar-refractivity contribution in [3.63, 3.8) is 0 Å². The van der Waals surface area contributed by atoms with Crippen LogP contribution in [-0.2, 0) is 11.2 Å². The van der Waals surface area contributed by atoms with Gasteiger partial charge in [0.25, 0.3) is 0 Å². The largest absolute Gasteiger partial charge is 0.354 e. The number of carbonyl (C=O) groups excluding carboxylic acids is 1. The van der Waals surface area contributed by atoms with Crippen LogP contribution in [0.15, 0.2) is 24.3 Å². The molecule has 2 N–H and O–H groups in total. The number of carbonyl (C=O) groups is 1. The Hall–Kier alpha value is -1.57. The summed E-state index contributed by atoms with van der Waals surface area (Å²) in [6.45, 7) is 1.58. The zero-order valence-corrected chi connectivity index (χ0v) is 11.5. The molecule has 0 bridgehead atoms. The van der Waals surface area contributed by atoms with E-state index in [0.29, 0.717) is 12.1 Å². The Bertz CT molecular complexity index is 447. The summed E-state index contributed by atoms with van der Waals surface area (Å²) in [6.07, 6.45) is 2.81. The standard InChI is InChI=1S/C14H17N3O.ClH/c15-10-12-5-3-11(4-6-12)7-9-17-14(18)13-2-1-8-16-13;/h3-6,13,16H,1-2,7-9H2,(H,17,18);1H. The molecule has 102 valence electrons. The van der Waals surface area contributed by atoms with Crippen molar-refractivity contribution in [2.24, 2.45) is 0 Å². The van der Waals surface area contributed by atoms with E-state index in [9.17, 15) is 4.79 Å². The Balaban J connectivity index is 0.00000180. The second-order valence-electron chi connectivity index (χ2n) is 4.50. The first-order valence-electron chi connectivity index (χ1n) is 6.30. The summed E-state index contributed by atoms with van der Waals surface area (Å²) in [5.74, 6) is 0.0983. The number of nitriles is 1. The van der Waals surface area contributed by atoms with Gasteiger partial charge in [0.2, 0.25) is 5.91 Å². The lowest BCUT2D eigenvalue weighted by Crippen LogP contribution is -2.41. The molecule has 1 aliphatic rings. The molecule has 19 heavy (non-hydrogen) atoms. The molecule has 0 spiro atoms. The van der Waals surface area contributed by atoms with E-state index < -0.39 is 0 Å². The quantitative estimate of drug-likeness (QED) is 0.875. The summed E-state index contributed by atoms with van der Waals surface area (Å²) in [5.41, 5.74) is 1.80. The maximum absolute atomic E-state index is 11.7. The van der Waals surface area contributed by atoms with Crippen LogP contribution in [-0.4, -0.2) is 25.0 Å². The summed E-state index contributed by atoms with van der Waals surface area (Å²) in [5, 5.41) is 14.8. The van der Waals surface area contributed by atoms with Gasteiger partial charge in [-0.15, -0.1) is 12.4 Å². The van der Waals surface area contributed by atoms with E-state index in [2.05, 4.69) is 16.7 Å². The molecule has 1 heterocycles. The number of hydrogen-bond acceptors (Lipinski definition) is 3. The Morgan fingerprint density at radius 3 is 2.74 bits per heavy atom. The van der Waals surface area contributed by atoms with Gasteiger partial charge in [-0.2, -0.15) is 5.26 Å². The molecule has 1 atom stereocenters. The Labute approximate surface area is 119 Å². The SMILES string of the molecule is Cl.N#Cc1ccc(CCNC(=O)C2CCCN2)cc1. The fourth-order valence-electron chi connectivity index (χ4n) is 2.11. The zero-order chi connectivity index (χ0) is 12.8. The van der Waals surface area contributed by atoms with E-state index in [1.54, 1.807) is 12.1 Å². The van der Waals surface area contributed by atoms with Gasteiger partial charge < -0.3 is 10.6 Å². The first-order chi connectivity index (χ1) is 8.79. The first-order valence-corrected chi connectivity index (χ1v) is 6.30. The number of halogens is 1.